The van der Waals surface area contributed by atoms with Crippen LogP contribution in [0.1, 0.15) is 36.8 Å². The van der Waals surface area contributed by atoms with Gasteiger partial charge in [-0.05, 0) is 37.8 Å². The van der Waals surface area contributed by atoms with Crippen molar-refractivity contribution in [3.05, 3.63) is 35.8 Å². The van der Waals surface area contributed by atoms with Gasteiger partial charge in [-0.15, -0.1) is 0 Å². The van der Waals surface area contributed by atoms with Crippen LogP contribution in [-0.2, 0) is 12.8 Å². The van der Waals surface area contributed by atoms with Crippen LogP contribution < -0.4 is 0 Å². The molecule has 18 heavy (non-hydrogen) atoms. The van der Waals surface area contributed by atoms with E-state index in [1.165, 1.54) is 12.5 Å². The normalized spacial score (nSPS) is 10.9. The first-order valence-corrected chi connectivity index (χ1v) is 6.28. The van der Waals surface area contributed by atoms with Gasteiger partial charge in [0.1, 0.15) is 0 Å². The van der Waals surface area contributed by atoms with E-state index < -0.39 is 0 Å². The smallest absolute Gasteiger partial charge is 0.285 e. The van der Waals surface area contributed by atoms with Crippen molar-refractivity contribution in [3.63, 3.8) is 0 Å². The Kier molecular flexibility index (Phi) is 4.34. The third-order valence-corrected chi connectivity index (χ3v) is 3.09. The molecule has 0 unspecified atom stereocenters. The van der Waals surface area contributed by atoms with E-state index in [-0.39, 0.29) is 11.9 Å². The molecule has 98 valence electrons. The number of hydrogen-bond donors (Lipinski definition) is 2. The number of aromatic hydroxyl groups is 2. The first-order valence-electron chi connectivity index (χ1n) is 6.28. The van der Waals surface area contributed by atoms with Crippen LogP contribution in [0.3, 0.4) is 0 Å². The Morgan fingerprint density at radius 2 is 1.17 bits per heavy atom. The fourth-order valence-electron chi connectivity index (χ4n) is 2.02. The maximum absolute atomic E-state index is 9.30. The molecule has 4 nitrogen and oxygen atoms in total. The quantitative estimate of drug-likeness (QED) is 0.736. The Labute approximate surface area is 106 Å². The standard InChI is InChI=1S/C14H18O4/c15-13-11(7-9-17-13)5-3-1-2-4-6-12-8-10-18-14(12)16/h7-10,15-16H,1-6H2. The molecule has 0 bridgehead atoms. The van der Waals surface area contributed by atoms with Gasteiger partial charge in [-0.3, -0.25) is 0 Å². The number of unbranched alkanes of at least 4 members (excludes halogenated alkanes) is 3. The van der Waals surface area contributed by atoms with Gasteiger partial charge in [0.15, 0.2) is 0 Å². The van der Waals surface area contributed by atoms with E-state index in [9.17, 15) is 10.2 Å². The molecular formula is C14H18O4. The number of hydrogen-bond acceptors (Lipinski definition) is 4. The topological polar surface area (TPSA) is 66.7 Å². The molecule has 0 radical (unpaired) electrons. The minimum Gasteiger partial charge on any atom is -0.481 e. The summed E-state index contributed by atoms with van der Waals surface area (Å²) in [6.07, 6.45) is 8.97. The highest BCUT2D eigenvalue weighted by molar-refractivity contribution is 5.21. The zero-order valence-electron chi connectivity index (χ0n) is 10.3. The second-order valence-electron chi connectivity index (χ2n) is 4.42. The summed E-state index contributed by atoms with van der Waals surface area (Å²) in [7, 11) is 0. The van der Waals surface area contributed by atoms with Gasteiger partial charge >= 0.3 is 0 Å². The number of rotatable bonds is 7. The van der Waals surface area contributed by atoms with E-state index in [1.807, 2.05) is 0 Å². The van der Waals surface area contributed by atoms with Crippen molar-refractivity contribution in [3.8, 4) is 11.9 Å². The van der Waals surface area contributed by atoms with Crippen LogP contribution in [0.25, 0.3) is 0 Å². The van der Waals surface area contributed by atoms with Crippen molar-refractivity contribution in [1.82, 2.24) is 0 Å². The molecule has 2 rings (SSSR count). The molecule has 0 saturated carbocycles. The lowest BCUT2D eigenvalue weighted by molar-refractivity contribution is 0.326. The molecule has 0 amide bonds. The fourth-order valence-corrected chi connectivity index (χ4v) is 2.02. The summed E-state index contributed by atoms with van der Waals surface area (Å²) in [6.45, 7) is 0. The Morgan fingerprint density at radius 1 is 0.722 bits per heavy atom. The van der Waals surface area contributed by atoms with Crippen molar-refractivity contribution in [1.29, 1.82) is 0 Å². The van der Waals surface area contributed by atoms with Crippen LogP contribution in [0.15, 0.2) is 33.5 Å². The summed E-state index contributed by atoms with van der Waals surface area (Å²) in [5.74, 6) is 0.0802. The lowest BCUT2D eigenvalue weighted by atomic mass is 10.1. The van der Waals surface area contributed by atoms with Gasteiger partial charge in [0, 0.05) is 11.1 Å². The van der Waals surface area contributed by atoms with Gasteiger partial charge in [-0.25, -0.2) is 0 Å². The second-order valence-corrected chi connectivity index (χ2v) is 4.42. The summed E-state index contributed by atoms with van der Waals surface area (Å²) >= 11 is 0. The van der Waals surface area contributed by atoms with Gasteiger partial charge in [-0.1, -0.05) is 12.8 Å². The van der Waals surface area contributed by atoms with Crippen LogP contribution in [0.2, 0.25) is 0 Å². The fraction of sp³-hybridized carbons (Fsp3) is 0.429. The van der Waals surface area contributed by atoms with E-state index in [2.05, 4.69) is 0 Å². The molecule has 0 spiro atoms. The number of aryl methyl sites for hydroxylation is 2. The molecule has 0 aromatic carbocycles. The zero-order valence-corrected chi connectivity index (χ0v) is 10.3. The van der Waals surface area contributed by atoms with Gasteiger partial charge in [0.05, 0.1) is 12.5 Å². The molecule has 2 aromatic heterocycles. The summed E-state index contributed by atoms with van der Waals surface area (Å²) in [5.41, 5.74) is 1.75. The molecule has 0 aliphatic carbocycles. The van der Waals surface area contributed by atoms with E-state index in [4.69, 9.17) is 8.83 Å². The van der Waals surface area contributed by atoms with Crippen LogP contribution in [-0.4, -0.2) is 10.2 Å². The van der Waals surface area contributed by atoms with Crippen LogP contribution in [0.5, 0.6) is 11.9 Å². The van der Waals surface area contributed by atoms with Gasteiger partial charge in [0.2, 0.25) is 0 Å². The van der Waals surface area contributed by atoms with Crippen molar-refractivity contribution < 1.29 is 19.0 Å². The van der Waals surface area contributed by atoms with E-state index in [1.54, 1.807) is 12.1 Å². The lowest BCUT2D eigenvalue weighted by Crippen LogP contribution is -1.87. The lowest BCUT2D eigenvalue weighted by Gasteiger charge is -2.00. The molecule has 0 atom stereocenters. The third kappa shape index (κ3) is 3.32. The van der Waals surface area contributed by atoms with Crippen molar-refractivity contribution in [2.24, 2.45) is 0 Å². The molecule has 2 heterocycles. The SMILES string of the molecule is Oc1occc1CCCCCCc1ccoc1O. The van der Waals surface area contributed by atoms with Crippen LogP contribution in [0, 0.1) is 0 Å². The Bertz CT molecular complexity index is 425. The molecular weight excluding hydrogens is 232 g/mol. The Morgan fingerprint density at radius 3 is 1.50 bits per heavy atom. The monoisotopic (exact) mass is 250 g/mol. The Balaban J connectivity index is 1.57. The zero-order chi connectivity index (χ0) is 12.8. The molecule has 2 N–H and O–H groups in total. The molecule has 0 saturated heterocycles. The highest BCUT2D eigenvalue weighted by Crippen LogP contribution is 2.22. The van der Waals surface area contributed by atoms with E-state index >= 15 is 0 Å². The maximum atomic E-state index is 9.30. The van der Waals surface area contributed by atoms with Gasteiger partial charge in [0.25, 0.3) is 11.9 Å². The van der Waals surface area contributed by atoms with Crippen molar-refractivity contribution in [2.75, 3.05) is 0 Å². The van der Waals surface area contributed by atoms with Crippen LogP contribution >= 0.6 is 0 Å². The minimum absolute atomic E-state index is 0.0401. The molecule has 0 aliphatic heterocycles. The first-order chi connectivity index (χ1) is 8.77. The number of furan rings is 2. The predicted octanol–water partition coefficient (Wildman–Crippen LogP) is 3.63. The van der Waals surface area contributed by atoms with E-state index in [0.717, 1.165) is 49.7 Å². The molecule has 4 heteroatoms. The Hall–Kier alpha value is -1.84. The summed E-state index contributed by atoms with van der Waals surface area (Å²) in [6, 6.07) is 3.61. The first kappa shape index (κ1) is 12.6. The van der Waals surface area contributed by atoms with Gasteiger partial charge in [-0.2, -0.15) is 0 Å². The van der Waals surface area contributed by atoms with Crippen molar-refractivity contribution in [2.45, 2.75) is 38.5 Å². The minimum atomic E-state index is 0.0401. The van der Waals surface area contributed by atoms with E-state index in [0.29, 0.717) is 0 Å². The predicted molar refractivity (Wildman–Crippen MR) is 66.6 cm³/mol. The summed E-state index contributed by atoms with van der Waals surface area (Å²) in [4.78, 5) is 0. The van der Waals surface area contributed by atoms with Crippen LogP contribution in [0.4, 0.5) is 0 Å². The van der Waals surface area contributed by atoms with Gasteiger partial charge < -0.3 is 19.0 Å². The highest BCUT2D eigenvalue weighted by atomic mass is 16.5. The second kappa shape index (κ2) is 6.19. The summed E-state index contributed by atoms with van der Waals surface area (Å²) < 4.78 is 9.64. The largest absolute Gasteiger partial charge is 0.481 e. The molecule has 0 aliphatic rings. The summed E-state index contributed by atoms with van der Waals surface area (Å²) in [5, 5.41) is 18.6. The average Bonchev–Trinajstić information content (AvgIpc) is 2.94. The van der Waals surface area contributed by atoms with Crippen molar-refractivity contribution >= 4 is 0 Å². The molecule has 0 fully saturated rings. The molecule has 2 aromatic rings. The third-order valence-electron chi connectivity index (χ3n) is 3.09. The highest BCUT2D eigenvalue weighted by Gasteiger charge is 2.05. The average molecular weight is 250 g/mol. The maximum Gasteiger partial charge on any atom is 0.285 e.